The molecule has 0 spiro atoms. The summed E-state index contributed by atoms with van der Waals surface area (Å²) in [5.74, 6) is -0.251. The molecule has 1 aromatic carbocycles. The Hall–Kier alpha value is -1.71. The van der Waals surface area contributed by atoms with Crippen molar-refractivity contribution in [1.82, 2.24) is 0 Å². The average Bonchev–Trinajstić information content (AvgIpc) is 2.73. The lowest BCUT2D eigenvalue weighted by atomic mass is 9.58. The molecular weight excluding hydrogens is 293 g/mol. The molecule has 1 aromatic rings. The molecule has 2 aliphatic carbocycles. The van der Waals surface area contributed by atoms with E-state index in [9.17, 15) is 14.5 Å². The van der Waals surface area contributed by atoms with Gasteiger partial charge in [0.1, 0.15) is 5.82 Å². The van der Waals surface area contributed by atoms with E-state index in [2.05, 4.69) is 34.6 Å². The quantitative estimate of drug-likeness (QED) is 0.457. The van der Waals surface area contributed by atoms with Crippen molar-refractivity contribution in [1.29, 1.82) is 0 Å². The van der Waals surface area contributed by atoms with Crippen LogP contribution in [-0.2, 0) is 6.42 Å². The highest BCUT2D eigenvalue weighted by molar-refractivity contribution is 5.44. The second kappa shape index (κ2) is 4.65. The van der Waals surface area contributed by atoms with Crippen LogP contribution in [0.5, 0.6) is 0 Å². The summed E-state index contributed by atoms with van der Waals surface area (Å²) in [4.78, 5) is 11.6. The van der Waals surface area contributed by atoms with E-state index in [0.717, 1.165) is 17.6 Å². The Morgan fingerprint density at radius 1 is 1.17 bits per heavy atom. The Morgan fingerprint density at radius 2 is 1.74 bits per heavy atom. The molecule has 1 fully saturated rings. The van der Waals surface area contributed by atoms with E-state index >= 15 is 0 Å². The molecule has 4 heteroatoms. The predicted octanol–water partition coefficient (Wildman–Crippen LogP) is 4.79. The van der Waals surface area contributed by atoms with Crippen molar-refractivity contribution in [3.63, 3.8) is 0 Å². The lowest BCUT2D eigenvalue weighted by Gasteiger charge is -2.43. The van der Waals surface area contributed by atoms with Crippen molar-refractivity contribution in [2.75, 3.05) is 0 Å². The van der Waals surface area contributed by atoms with Crippen LogP contribution in [-0.4, -0.2) is 11.0 Å². The lowest BCUT2D eigenvalue weighted by Crippen LogP contribution is -2.45. The Morgan fingerprint density at radius 3 is 2.26 bits per heavy atom. The summed E-state index contributed by atoms with van der Waals surface area (Å²) in [5.41, 5.74) is 2.59. The highest BCUT2D eigenvalue weighted by atomic mass is 19.1. The van der Waals surface area contributed by atoms with Crippen molar-refractivity contribution in [3.05, 3.63) is 56.9 Å². The van der Waals surface area contributed by atoms with E-state index in [1.807, 2.05) is 0 Å². The maximum Gasteiger partial charge on any atom is 0.223 e. The maximum atomic E-state index is 13.2. The molecule has 3 rings (SSSR count). The molecule has 0 heterocycles. The molecule has 124 valence electrons. The Kier molecular flexibility index (Phi) is 3.27. The van der Waals surface area contributed by atoms with Crippen LogP contribution in [0.25, 0.3) is 0 Å². The first-order valence-corrected chi connectivity index (χ1v) is 8.14. The molecule has 2 aliphatic rings. The van der Waals surface area contributed by atoms with Crippen molar-refractivity contribution in [2.45, 2.75) is 53.5 Å². The second-order valence-electron chi connectivity index (χ2n) is 7.93. The summed E-state index contributed by atoms with van der Waals surface area (Å²) >= 11 is 0. The Bertz CT molecular complexity index is 711. The van der Waals surface area contributed by atoms with Crippen molar-refractivity contribution in [2.24, 2.45) is 16.2 Å². The Balaban J connectivity index is 2.11. The Labute approximate surface area is 136 Å². The summed E-state index contributed by atoms with van der Waals surface area (Å²) in [6.07, 6.45) is 1.30. The van der Waals surface area contributed by atoms with Gasteiger partial charge < -0.3 is 0 Å². The predicted molar refractivity (Wildman–Crippen MR) is 88.2 cm³/mol. The third-order valence-corrected chi connectivity index (χ3v) is 7.53. The van der Waals surface area contributed by atoms with Crippen LogP contribution in [0.15, 0.2) is 35.4 Å². The summed E-state index contributed by atoms with van der Waals surface area (Å²) < 4.78 is 13.2. The fraction of sp³-hybridized carbons (Fsp3) is 0.579. The molecular formula is C19H24FNO2. The van der Waals surface area contributed by atoms with Crippen LogP contribution in [0, 0.1) is 32.2 Å². The maximum absolute atomic E-state index is 13.2. The van der Waals surface area contributed by atoms with Crippen molar-refractivity contribution >= 4 is 0 Å². The molecule has 4 atom stereocenters. The highest BCUT2D eigenvalue weighted by Gasteiger charge is 2.75. The van der Waals surface area contributed by atoms with Crippen LogP contribution in [0.2, 0.25) is 0 Å². The van der Waals surface area contributed by atoms with Gasteiger partial charge in [-0.05, 0) is 50.3 Å². The van der Waals surface area contributed by atoms with Gasteiger partial charge in [-0.2, -0.15) is 0 Å². The van der Waals surface area contributed by atoms with Gasteiger partial charge in [0, 0.05) is 16.8 Å². The zero-order chi connectivity index (χ0) is 17.2. The van der Waals surface area contributed by atoms with Gasteiger partial charge in [-0.15, -0.1) is 0 Å². The number of nitrogens with zero attached hydrogens (tertiary/aromatic N) is 1. The summed E-state index contributed by atoms with van der Waals surface area (Å²) in [6.45, 7) is 10.6. The van der Waals surface area contributed by atoms with Gasteiger partial charge >= 0.3 is 0 Å². The number of benzene rings is 1. The first-order chi connectivity index (χ1) is 10.6. The molecule has 2 bridgehead atoms. The first kappa shape index (κ1) is 16.2. The summed E-state index contributed by atoms with van der Waals surface area (Å²) in [7, 11) is 0. The highest BCUT2D eigenvalue weighted by Crippen LogP contribution is 2.75. The number of fused-ring (bicyclic) bond motifs is 2. The minimum absolute atomic E-state index is 0.0932. The fourth-order valence-corrected chi connectivity index (χ4v) is 5.47. The number of rotatable bonds is 3. The normalized spacial score (nSPS) is 39.1. The van der Waals surface area contributed by atoms with E-state index in [1.165, 1.54) is 17.7 Å². The lowest BCUT2D eigenvalue weighted by molar-refractivity contribution is -0.538. The van der Waals surface area contributed by atoms with E-state index in [1.54, 1.807) is 12.1 Å². The summed E-state index contributed by atoms with van der Waals surface area (Å²) in [6, 6.07) is 5.99. The van der Waals surface area contributed by atoms with E-state index in [-0.39, 0.29) is 21.6 Å². The van der Waals surface area contributed by atoms with Gasteiger partial charge in [0.15, 0.2) is 0 Å². The van der Waals surface area contributed by atoms with E-state index < -0.39 is 11.5 Å². The molecule has 0 amide bonds. The number of halogens is 1. The number of allylic oxidation sites excluding steroid dienone is 1. The van der Waals surface area contributed by atoms with Gasteiger partial charge in [-0.3, -0.25) is 10.1 Å². The molecule has 0 aromatic heterocycles. The molecule has 0 radical (unpaired) electrons. The van der Waals surface area contributed by atoms with Gasteiger partial charge in [0.25, 0.3) is 0 Å². The number of nitro groups is 1. The van der Waals surface area contributed by atoms with E-state index in [4.69, 9.17) is 0 Å². The zero-order valence-corrected chi connectivity index (χ0v) is 14.4. The molecule has 0 N–H and O–H groups in total. The zero-order valence-electron chi connectivity index (χ0n) is 14.4. The van der Waals surface area contributed by atoms with Gasteiger partial charge in [-0.1, -0.05) is 37.1 Å². The molecule has 0 saturated heterocycles. The topological polar surface area (TPSA) is 43.1 Å². The van der Waals surface area contributed by atoms with Crippen LogP contribution in [0.1, 0.15) is 46.6 Å². The smallest absolute Gasteiger partial charge is 0.223 e. The van der Waals surface area contributed by atoms with Crippen LogP contribution < -0.4 is 0 Å². The first-order valence-electron chi connectivity index (χ1n) is 8.14. The van der Waals surface area contributed by atoms with Gasteiger partial charge in [0.05, 0.1) is 5.41 Å². The van der Waals surface area contributed by atoms with Crippen LogP contribution >= 0.6 is 0 Å². The van der Waals surface area contributed by atoms with Crippen molar-refractivity contribution in [3.8, 4) is 0 Å². The molecule has 23 heavy (non-hydrogen) atoms. The second-order valence-corrected chi connectivity index (χ2v) is 7.93. The third-order valence-electron chi connectivity index (χ3n) is 7.53. The van der Waals surface area contributed by atoms with Crippen LogP contribution in [0.3, 0.4) is 0 Å². The van der Waals surface area contributed by atoms with Gasteiger partial charge in [-0.25, -0.2) is 4.39 Å². The van der Waals surface area contributed by atoms with Gasteiger partial charge in [0.2, 0.25) is 6.04 Å². The van der Waals surface area contributed by atoms with E-state index in [0.29, 0.717) is 6.42 Å². The standard InChI is InChI=1S/C19H24FNO2/c1-12-13(2)19(5)16(21(22)23)11-17(12,3)18(19,4)10-14-6-8-15(20)9-7-14/h6-9,16H,10-11H2,1-5H3/t16-,17-,18+,19-/m1/s1. The SMILES string of the molecule is CC1=C(C)[C@]2(C)[C@H]([N+](=O)[O-])C[C@@]1(C)[C@]2(C)Cc1ccc(F)cc1. The number of hydrogen-bond acceptors (Lipinski definition) is 2. The average molecular weight is 317 g/mol. The minimum atomic E-state index is -0.554. The molecule has 1 saturated carbocycles. The summed E-state index contributed by atoms with van der Waals surface area (Å²) in [5, 5.41) is 11.7. The van der Waals surface area contributed by atoms with Crippen molar-refractivity contribution < 1.29 is 9.31 Å². The molecule has 0 unspecified atom stereocenters. The monoisotopic (exact) mass is 317 g/mol. The largest absolute Gasteiger partial charge is 0.264 e. The molecule has 0 aliphatic heterocycles. The fourth-order valence-electron chi connectivity index (χ4n) is 5.47. The van der Waals surface area contributed by atoms with Crippen LogP contribution in [0.4, 0.5) is 4.39 Å². The number of hydrogen-bond donors (Lipinski definition) is 0. The third kappa shape index (κ3) is 1.75. The minimum Gasteiger partial charge on any atom is -0.264 e. The molecule has 3 nitrogen and oxygen atoms in total.